The highest BCUT2D eigenvalue weighted by atomic mass is 32.1. The lowest BCUT2D eigenvalue weighted by Crippen LogP contribution is -2.48. The zero-order valence-electron chi connectivity index (χ0n) is 11.2. The van der Waals surface area contributed by atoms with Gasteiger partial charge in [-0.15, -0.1) is 0 Å². The van der Waals surface area contributed by atoms with Crippen molar-refractivity contribution in [1.82, 2.24) is 16.2 Å². The molecule has 0 unspecified atom stereocenters. The van der Waals surface area contributed by atoms with Crippen molar-refractivity contribution in [2.45, 2.75) is 52.0 Å². The maximum absolute atomic E-state index is 11.8. The SMILES string of the molecule is CC(C)NC(=S)NNC(=O)C[C@@H]1C[C@H]2CC[C@@H]1C2. The molecule has 2 aliphatic carbocycles. The van der Waals surface area contributed by atoms with E-state index in [-0.39, 0.29) is 11.9 Å². The van der Waals surface area contributed by atoms with E-state index in [4.69, 9.17) is 12.2 Å². The standard InChI is InChI=1S/C13H23N3OS/c1-8(2)14-13(18)16-15-12(17)7-11-6-9-3-4-10(11)5-9/h8-11H,3-7H2,1-2H3,(H,15,17)(H2,14,16,18)/t9-,10+,11-/m0/s1. The molecule has 0 heterocycles. The lowest BCUT2D eigenvalue weighted by atomic mass is 9.86. The number of thiocarbonyl (C=S) groups is 1. The Kier molecular flexibility index (Phi) is 4.43. The lowest BCUT2D eigenvalue weighted by molar-refractivity contribution is -0.122. The first-order valence-corrected chi connectivity index (χ1v) is 7.30. The van der Waals surface area contributed by atoms with Crippen molar-refractivity contribution in [3.05, 3.63) is 0 Å². The second-order valence-electron chi connectivity index (χ2n) is 5.94. The molecule has 18 heavy (non-hydrogen) atoms. The molecule has 2 aliphatic rings. The van der Waals surface area contributed by atoms with Gasteiger partial charge < -0.3 is 5.32 Å². The Morgan fingerprint density at radius 1 is 1.28 bits per heavy atom. The molecule has 0 saturated heterocycles. The predicted molar refractivity (Wildman–Crippen MR) is 75.7 cm³/mol. The summed E-state index contributed by atoms with van der Waals surface area (Å²) in [7, 11) is 0. The summed E-state index contributed by atoms with van der Waals surface area (Å²) in [6.45, 7) is 4.01. The number of hydrogen-bond donors (Lipinski definition) is 3. The van der Waals surface area contributed by atoms with Crippen molar-refractivity contribution < 1.29 is 4.79 Å². The molecular weight excluding hydrogens is 246 g/mol. The fourth-order valence-corrected chi connectivity index (χ4v) is 3.63. The third kappa shape index (κ3) is 3.57. The van der Waals surface area contributed by atoms with Gasteiger partial charge in [0, 0.05) is 12.5 Å². The first-order valence-electron chi connectivity index (χ1n) is 6.90. The van der Waals surface area contributed by atoms with Crippen molar-refractivity contribution in [2.75, 3.05) is 0 Å². The Hall–Kier alpha value is -0.840. The van der Waals surface area contributed by atoms with Crippen LogP contribution in [0, 0.1) is 17.8 Å². The van der Waals surface area contributed by atoms with Gasteiger partial charge in [0.25, 0.3) is 0 Å². The molecule has 2 fully saturated rings. The molecular formula is C13H23N3OS. The largest absolute Gasteiger partial charge is 0.359 e. The maximum Gasteiger partial charge on any atom is 0.238 e. The third-order valence-electron chi connectivity index (χ3n) is 4.07. The number of hydrazine groups is 1. The predicted octanol–water partition coefficient (Wildman–Crippen LogP) is 1.72. The van der Waals surface area contributed by atoms with Crippen molar-refractivity contribution >= 4 is 23.2 Å². The summed E-state index contributed by atoms with van der Waals surface area (Å²) in [5, 5.41) is 3.50. The first-order chi connectivity index (χ1) is 8.54. The molecule has 0 aromatic heterocycles. The molecule has 2 saturated carbocycles. The van der Waals surface area contributed by atoms with Crippen LogP contribution in [0.4, 0.5) is 0 Å². The van der Waals surface area contributed by atoms with Gasteiger partial charge >= 0.3 is 0 Å². The van der Waals surface area contributed by atoms with Gasteiger partial charge in [-0.25, -0.2) is 0 Å². The average Bonchev–Trinajstić information content (AvgIpc) is 2.87. The number of carbonyl (C=O) groups is 1. The van der Waals surface area contributed by atoms with Crippen LogP contribution in [0.1, 0.15) is 46.0 Å². The highest BCUT2D eigenvalue weighted by Crippen LogP contribution is 2.49. The maximum atomic E-state index is 11.8. The van der Waals surface area contributed by atoms with Gasteiger partial charge in [-0.3, -0.25) is 15.6 Å². The number of amides is 1. The minimum Gasteiger partial charge on any atom is -0.359 e. The minimum absolute atomic E-state index is 0.0560. The van der Waals surface area contributed by atoms with E-state index in [9.17, 15) is 4.79 Å². The van der Waals surface area contributed by atoms with Crippen LogP contribution in [0.5, 0.6) is 0 Å². The van der Waals surface area contributed by atoms with Gasteiger partial charge in [0.2, 0.25) is 5.91 Å². The van der Waals surface area contributed by atoms with E-state index in [1.807, 2.05) is 13.8 Å². The number of rotatable bonds is 3. The minimum atomic E-state index is 0.0560. The van der Waals surface area contributed by atoms with Gasteiger partial charge in [0.05, 0.1) is 0 Å². The van der Waals surface area contributed by atoms with E-state index < -0.39 is 0 Å². The quantitative estimate of drug-likeness (QED) is 0.539. The van der Waals surface area contributed by atoms with Crippen LogP contribution in [-0.4, -0.2) is 17.1 Å². The third-order valence-corrected chi connectivity index (χ3v) is 4.29. The van der Waals surface area contributed by atoms with Gasteiger partial charge in [0.15, 0.2) is 5.11 Å². The van der Waals surface area contributed by atoms with Crippen LogP contribution in [0.15, 0.2) is 0 Å². The molecule has 0 aromatic rings. The Labute approximate surface area is 114 Å². The summed E-state index contributed by atoms with van der Waals surface area (Å²) in [5.41, 5.74) is 5.43. The fourth-order valence-electron chi connectivity index (χ4n) is 3.34. The summed E-state index contributed by atoms with van der Waals surface area (Å²) in [5.74, 6) is 2.34. The smallest absolute Gasteiger partial charge is 0.238 e. The van der Waals surface area contributed by atoms with Crippen LogP contribution in [0.2, 0.25) is 0 Å². The second-order valence-corrected chi connectivity index (χ2v) is 6.35. The summed E-state index contributed by atoms with van der Waals surface area (Å²) in [6.07, 6.45) is 5.93. The van der Waals surface area contributed by atoms with E-state index in [2.05, 4.69) is 16.2 Å². The Balaban J connectivity index is 1.65. The van der Waals surface area contributed by atoms with Crippen molar-refractivity contribution in [2.24, 2.45) is 17.8 Å². The van der Waals surface area contributed by atoms with Crippen molar-refractivity contribution in [3.63, 3.8) is 0 Å². The second kappa shape index (κ2) is 5.87. The molecule has 102 valence electrons. The first kappa shape index (κ1) is 13.6. The van der Waals surface area contributed by atoms with Gasteiger partial charge in [-0.2, -0.15) is 0 Å². The van der Waals surface area contributed by atoms with Crippen molar-refractivity contribution in [1.29, 1.82) is 0 Å². The number of hydrogen-bond acceptors (Lipinski definition) is 2. The Morgan fingerprint density at radius 3 is 2.61 bits per heavy atom. The topological polar surface area (TPSA) is 53.2 Å². The number of fused-ring (bicyclic) bond motifs is 2. The van der Waals surface area contributed by atoms with Crippen LogP contribution >= 0.6 is 12.2 Å². The van der Waals surface area contributed by atoms with Gasteiger partial charge in [0.1, 0.15) is 0 Å². The molecule has 0 aliphatic heterocycles. The molecule has 1 amide bonds. The molecule has 0 aromatic carbocycles. The fraction of sp³-hybridized carbons (Fsp3) is 0.846. The van der Waals surface area contributed by atoms with E-state index in [1.165, 1.54) is 25.7 Å². The Morgan fingerprint density at radius 2 is 2.06 bits per heavy atom. The molecule has 4 nitrogen and oxygen atoms in total. The van der Waals surface area contributed by atoms with Crippen LogP contribution < -0.4 is 16.2 Å². The summed E-state index contributed by atoms with van der Waals surface area (Å²) in [6, 6.07) is 0.271. The zero-order valence-corrected chi connectivity index (χ0v) is 12.0. The molecule has 5 heteroatoms. The number of carbonyl (C=O) groups excluding carboxylic acids is 1. The van der Waals surface area contributed by atoms with Crippen molar-refractivity contribution in [3.8, 4) is 0 Å². The van der Waals surface area contributed by atoms with E-state index in [0.717, 1.165) is 11.8 Å². The lowest BCUT2D eigenvalue weighted by Gasteiger charge is -2.21. The van der Waals surface area contributed by atoms with Crippen LogP contribution in [-0.2, 0) is 4.79 Å². The Bertz CT molecular complexity index is 332. The zero-order chi connectivity index (χ0) is 13.1. The average molecular weight is 269 g/mol. The summed E-state index contributed by atoms with van der Waals surface area (Å²) >= 11 is 5.05. The highest BCUT2D eigenvalue weighted by Gasteiger charge is 2.40. The van der Waals surface area contributed by atoms with E-state index >= 15 is 0 Å². The molecule has 0 spiro atoms. The number of nitrogens with one attached hydrogen (secondary N) is 3. The summed E-state index contributed by atoms with van der Waals surface area (Å²) < 4.78 is 0. The summed E-state index contributed by atoms with van der Waals surface area (Å²) in [4.78, 5) is 11.8. The normalized spacial score (nSPS) is 29.4. The van der Waals surface area contributed by atoms with E-state index in [0.29, 0.717) is 17.5 Å². The molecule has 3 N–H and O–H groups in total. The van der Waals surface area contributed by atoms with Crippen LogP contribution in [0.25, 0.3) is 0 Å². The van der Waals surface area contributed by atoms with Gasteiger partial charge in [-0.1, -0.05) is 6.42 Å². The highest BCUT2D eigenvalue weighted by molar-refractivity contribution is 7.80. The monoisotopic (exact) mass is 269 g/mol. The molecule has 0 radical (unpaired) electrons. The molecule has 2 rings (SSSR count). The van der Waals surface area contributed by atoms with Gasteiger partial charge in [-0.05, 0) is 63.1 Å². The molecule has 2 bridgehead atoms. The van der Waals surface area contributed by atoms with E-state index in [1.54, 1.807) is 0 Å². The van der Waals surface area contributed by atoms with Crippen LogP contribution in [0.3, 0.4) is 0 Å². The molecule has 3 atom stereocenters.